The highest BCUT2D eigenvalue weighted by Crippen LogP contribution is 2.25. The number of para-hydroxylation sites is 2. The summed E-state index contributed by atoms with van der Waals surface area (Å²) in [5, 5.41) is 3.30. The Kier molecular flexibility index (Phi) is 7.60. The maximum absolute atomic E-state index is 5.62. The molecular weight excluding hydrogens is 238 g/mol. The molecule has 0 aliphatic carbocycles. The molecule has 0 saturated heterocycles. The van der Waals surface area contributed by atoms with E-state index in [9.17, 15) is 0 Å². The van der Waals surface area contributed by atoms with E-state index >= 15 is 0 Å². The van der Waals surface area contributed by atoms with Crippen molar-refractivity contribution in [1.82, 2.24) is 5.32 Å². The van der Waals surface area contributed by atoms with E-state index in [-0.39, 0.29) is 0 Å². The van der Waals surface area contributed by atoms with Gasteiger partial charge < -0.3 is 14.8 Å². The Morgan fingerprint density at radius 2 is 1.88 bits per heavy atom. The molecule has 0 aliphatic heterocycles. The van der Waals surface area contributed by atoms with Crippen LogP contribution in [0.2, 0.25) is 0 Å². The van der Waals surface area contributed by atoms with Gasteiger partial charge in [0.15, 0.2) is 11.5 Å². The molecular formula is C13H20ClNO2. The van der Waals surface area contributed by atoms with Crippen LogP contribution in [0.4, 0.5) is 0 Å². The SMILES string of the molecule is COc1ccccc1OCCNCCCCCl. The van der Waals surface area contributed by atoms with Crippen molar-refractivity contribution in [2.45, 2.75) is 12.8 Å². The summed E-state index contributed by atoms with van der Waals surface area (Å²) in [6.07, 6.45) is 2.17. The van der Waals surface area contributed by atoms with Crippen LogP contribution in [0.5, 0.6) is 11.5 Å². The van der Waals surface area contributed by atoms with Gasteiger partial charge in [-0.15, -0.1) is 11.6 Å². The largest absolute Gasteiger partial charge is 0.493 e. The number of rotatable bonds is 9. The van der Waals surface area contributed by atoms with Crippen LogP contribution in [-0.2, 0) is 0 Å². The van der Waals surface area contributed by atoms with E-state index in [0.717, 1.165) is 43.3 Å². The van der Waals surface area contributed by atoms with Crippen molar-refractivity contribution in [1.29, 1.82) is 0 Å². The van der Waals surface area contributed by atoms with Gasteiger partial charge in [0.05, 0.1) is 7.11 Å². The van der Waals surface area contributed by atoms with E-state index < -0.39 is 0 Å². The smallest absolute Gasteiger partial charge is 0.161 e. The van der Waals surface area contributed by atoms with Gasteiger partial charge >= 0.3 is 0 Å². The van der Waals surface area contributed by atoms with Gasteiger partial charge in [-0.1, -0.05) is 12.1 Å². The van der Waals surface area contributed by atoms with Crippen molar-refractivity contribution in [3.8, 4) is 11.5 Å². The third-order valence-electron chi connectivity index (χ3n) is 2.34. The number of hydrogen-bond acceptors (Lipinski definition) is 3. The summed E-state index contributed by atoms with van der Waals surface area (Å²) in [7, 11) is 1.65. The highest BCUT2D eigenvalue weighted by Gasteiger charge is 2.01. The molecule has 0 amide bonds. The van der Waals surface area contributed by atoms with Crippen molar-refractivity contribution in [3.63, 3.8) is 0 Å². The minimum Gasteiger partial charge on any atom is -0.493 e. The molecule has 1 N–H and O–H groups in total. The Balaban J connectivity index is 2.13. The lowest BCUT2D eigenvalue weighted by Crippen LogP contribution is -2.22. The fraction of sp³-hybridized carbons (Fsp3) is 0.538. The molecule has 0 spiro atoms. The Hall–Kier alpha value is -0.930. The molecule has 3 nitrogen and oxygen atoms in total. The van der Waals surface area contributed by atoms with E-state index in [2.05, 4.69) is 5.32 Å². The number of alkyl halides is 1. The summed E-state index contributed by atoms with van der Waals surface area (Å²) >= 11 is 5.59. The van der Waals surface area contributed by atoms with Crippen LogP contribution in [0.3, 0.4) is 0 Å². The van der Waals surface area contributed by atoms with Gasteiger partial charge in [0.2, 0.25) is 0 Å². The second-order valence-corrected chi connectivity index (χ2v) is 4.02. The second kappa shape index (κ2) is 9.14. The van der Waals surface area contributed by atoms with Crippen LogP contribution in [0.15, 0.2) is 24.3 Å². The Bertz CT molecular complexity index is 307. The first-order valence-corrected chi connectivity index (χ1v) is 6.44. The predicted octanol–water partition coefficient (Wildman–Crippen LogP) is 2.68. The topological polar surface area (TPSA) is 30.5 Å². The first-order chi connectivity index (χ1) is 8.38. The van der Waals surface area contributed by atoms with E-state index in [1.807, 2.05) is 24.3 Å². The molecule has 0 bridgehead atoms. The van der Waals surface area contributed by atoms with Gasteiger partial charge in [0, 0.05) is 12.4 Å². The van der Waals surface area contributed by atoms with Crippen molar-refractivity contribution >= 4 is 11.6 Å². The van der Waals surface area contributed by atoms with Crippen LogP contribution in [-0.4, -0.2) is 32.7 Å². The van der Waals surface area contributed by atoms with Gasteiger partial charge in [-0.25, -0.2) is 0 Å². The third-order valence-corrected chi connectivity index (χ3v) is 2.61. The average molecular weight is 258 g/mol. The van der Waals surface area contributed by atoms with E-state index in [0.29, 0.717) is 6.61 Å². The summed E-state index contributed by atoms with van der Waals surface area (Å²) in [6, 6.07) is 7.66. The molecule has 1 rings (SSSR count). The van der Waals surface area contributed by atoms with Crippen molar-refractivity contribution in [3.05, 3.63) is 24.3 Å². The predicted molar refractivity (Wildman–Crippen MR) is 71.3 cm³/mol. The van der Waals surface area contributed by atoms with Crippen molar-refractivity contribution in [2.75, 3.05) is 32.7 Å². The summed E-state index contributed by atoms with van der Waals surface area (Å²) in [5.41, 5.74) is 0. The number of methoxy groups -OCH3 is 1. The maximum atomic E-state index is 5.62. The highest BCUT2D eigenvalue weighted by atomic mass is 35.5. The molecule has 0 aromatic heterocycles. The molecule has 0 heterocycles. The average Bonchev–Trinajstić information content (AvgIpc) is 2.38. The molecule has 0 unspecified atom stereocenters. The van der Waals surface area contributed by atoms with Crippen LogP contribution in [0, 0.1) is 0 Å². The molecule has 0 radical (unpaired) electrons. The molecule has 4 heteroatoms. The van der Waals surface area contributed by atoms with Crippen molar-refractivity contribution < 1.29 is 9.47 Å². The Morgan fingerprint density at radius 1 is 1.12 bits per heavy atom. The molecule has 1 aromatic rings. The Labute approximate surface area is 108 Å². The number of unbranched alkanes of at least 4 members (excludes halogenated alkanes) is 1. The minimum absolute atomic E-state index is 0.640. The minimum atomic E-state index is 0.640. The number of hydrogen-bond donors (Lipinski definition) is 1. The quantitative estimate of drug-likeness (QED) is 0.545. The fourth-order valence-corrected chi connectivity index (χ4v) is 1.63. The maximum Gasteiger partial charge on any atom is 0.161 e. The summed E-state index contributed by atoms with van der Waals surface area (Å²) in [6.45, 7) is 2.46. The van der Waals surface area contributed by atoms with E-state index in [1.165, 1.54) is 0 Å². The number of nitrogens with one attached hydrogen (secondary N) is 1. The molecule has 0 saturated carbocycles. The zero-order valence-corrected chi connectivity index (χ0v) is 11.0. The van der Waals surface area contributed by atoms with Crippen LogP contribution >= 0.6 is 11.6 Å². The molecule has 96 valence electrons. The van der Waals surface area contributed by atoms with Gasteiger partial charge in [0.25, 0.3) is 0 Å². The highest BCUT2D eigenvalue weighted by molar-refractivity contribution is 6.17. The lowest BCUT2D eigenvalue weighted by Gasteiger charge is -2.10. The summed E-state index contributed by atoms with van der Waals surface area (Å²) < 4.78 is 10.8. The van der Waals surface area contributed by atoms with E-state index in [1.54, 1.807) is 7.11 Å². The number of benzene rings is 1. The second-order valence-electron chi connectivity index (χ2n) is 3.65. The van der Waals surface area contributed by atoms with Crippen LogP contribution < -0.4 is 14.8 Å². The van der Waals surface area contributed by atoms with Crippen LogP contribution in [0.1, 0.15) is 12.8 Å². The van der Waals surface area contributed by atoms with Gasteiger partial charge in [-0.3, -0.25) is 0 Å². The van der Waals surface area contributed by atoms with Gasteiger partial charge in [0.1, 0.15) is 6.61 Å². The Morgan fingerprint density at radius 3 is 2.59 bits per heavy atom. The monoisotopic (exact) mass is 257 g/mol. The third kappa shape index (κ3) is 5.80. The summed E-state index contributed by atoms with van der Waals surface area (Å²) in [5.74, 6) is 2.30. The lowest BCUT2D eigenvalue weighted by atomic mass is 10.3. The molecule has 17 heavy (non-hydrogen) atoms. The lowest BCUT2D eigenvalue weighted by molar-refractivity contribution is 0.292. The number of halogens is 1. The zero-order valence-electron chi connectivity index (χ0n) is 10.2. The van der Waals surface area contributed by atoms with Crippen LogP contribution in [0.25, 0.3) is 0 Å². The fourth-order valence-electron chi connectivity index (χ4n) is 1.44. The molecule has 0 atom stereocenters. The summed E-state index contributed by atoms with van der Waals surface area (Å²) in [4.78, 5) is 0. The number of ether oxygens (including phenoxy) is 2. The van der Waals surface area contributed by atoms with Crippen molar-refractivity contribution in [2.24, 2.45) is 0 Å². The molecule has 1 aromatic carbocycles. The standard InChI is InChI=1S/C13H20ClNO2/c1-16-12-6-2-3-7-13(12)17-11-10-15-9-5-4-8-14/h2-3,6-7,15H,4-5,8-11H2,1H3. The van der Waals surface area contributed by atoms with Gasteiger partial charge in [-0.2, -0.15) is 0 Å². The molecule has 0 aliphatic rings. The first-order valence-electron chi connectivity index (χ1n) is 5.91. The normalized spacial score (nSPS) is 10.2. The van der Waals surface area contributed by atoms with E-state index in [4.69, 9.17) is 21.1 Å². The zero-order chi connectivity index (χ0) is 12.3. The first kappa shape index (κ1) is 14.1. The van der Waals surface area contributed by atoms with Gasteiger partial charge in [-0.05, 0) is 31.5 Å². The molecule has 0 fully saturated rings.